The minimum Gasteiger partial charge on any atom is -0.455 e. The van der Waals surface area contributed by atoms with Gasteiger partial charge in [0, 0.05) is 29.7 Å². The van der Waals surface area contributed by atoms with Crippen LogP contribution in [0.1, 0.15) is 30.0 Å². The molecule has 8 nitrogen and oxygen atoms in total. The number of rotatable bonds is 6. The molecule has 0 aliphatic carbocycles. The van der Waals surface area contributed by atoms with Gasteiger partial charge >= 0.3 is 6.03 Å². The standard InChI is InChI=1S/C28H28BrF2N3O5S/c1-18-7-9-22(30)26(27(18)31)24-6-3-11-34(24)28(35)32-23-17-21(40(36,37)33-12-14-38-15-13-33)8-10-25(23)39-20-5-2-4-19(29)16-20/h2,4-5,7-10,16-17,24H,3,6,11-15H2,1H3,(H,32,35). The fourth-order valence-electron chi connectivity index (χ4n) is 4.93. The van der Waals surface area contributed by atoms with Gasteiger partial charge < -0.3 is 19.7 Å². The van der Waals surface area contributed by atoms with E-state index >= 15 is 0 Å². The van der Waals surface area contributed by atoms with Gasteiger partial charge in [0.15, 0.2) is 5.75 Å². The number of urea groups is 1. The van der Waals surface area contributed by atoms with Crippen LogP contribution in [0.5, 0.6) is 11.5 Å². The van der Waals surface area contributed by atoms with Crippen LogP contribution in [0, 0.1) is 18.6 Å². The Kier molecular flexibility index (Phi) is 8.41. The molecule has 2 aliphatic rings. The lowest BCUT2D eigenvalue weighted by atomic mass is 10.0. The number of aryl methyl sites for hydroxylation is 1. The van der Waals surface area contributed by atoms with Crippen LogP contribution in [0.2, 0.25) is 0 Å². The van der Waals surface area contributed by atoms with Crippen LogP contribution in [-0.4, -0.2) is 56.5 Å². The van der Waals surface area contributed by atoms with Crippen LogP contribution in [-0.2, 0) is 14.8 Å². The number of morpholine rings is 1. The van der Waals surface area contributed by atoms with Crippen molar-refractivity contribution in [1.29, 1.82) is 0 Å². The molecule has 1 N–H and O–H groups in total. The van der Waals surface area contributed by atoms with Gasteiger partial charge in [-0.25, -0.2) is 22.0 Å². The smallest absolute Gasteiger partial charge is 0.322 e. The van der Waals surface area contributed by atoms with E-state index in [4.69, 9.17) is 9.47 Å². The SMILES string of the molecule is Cc1ccc(F)c(C2CCCN2C(=O)Nc2cc(S(=O)(=O)N3CCOCC3)ccc2Oc2cccc(Br)c2)c1F. The summed E-state index contributed by atoms with van der Waals surface area (Å²) in [4.78, 5) is 14.9. The monoisotopic (exact) mass is 635 g/mol. The summed E-state index contributed by atoms with van der Waals surface area (Å²) in [7, 11) is -3.88. The van der Waals surface area contributed by atoms with Crippen molar-refractivity contribution in [3.63, 3.8) is 0 Å². The maximum absolute atomic E-state index is 15.0. The summed E-state index contributed by atoms with van der Waals surface area (Å²) in [5, 5.41) is 2.75. The highest BCUT2D eigenvalue weighted by atomic mass is 79.9. The summed E-state index contributed by atoms with van der Waals surface area (Å²) in [5.41, 5.74) is 0.242. The maximum atomic E-state index is 15.0. The summed E-state index contributed by atoms with van der Waals surface area (Å²) >= 11 is 3.39. The number of ether oxygens (including phenoxy) is 2. The van der Waals surface area contributed by atoms with Gasteiger partial charge in [-0.3, -0.25) is 0 Å². The first kappa shape index (κ1) is 28.5. The molecule has 2 saturated heterocycles. The van der Waals surface area contributed by atoms with Crippen LogP contribution in [0.15, 0.2) is 64.0 Å². The van der Waals surface area contributed by atoms with E-state index in [1.54, 1.807) is 25.1 Å². The third-order valence-electron chi connectivity index (χ3n) is 6.99. The number of amides is 2. The molecule has 5 rings (SSSR count). The summed E-state index contributed by atoms with van der Waals surface area (Å²) < 4.78 is 69.8. The van der Waals surface area contributed by atoms with Crippen LogP contribution in [0.4, 0.5) is 19.3 Å². The van der Waals surface area contributed by atoms with Gasteiger partial charge in [0.2, 0.25) is 10.0 Å². The second kappa shape index (κ2) is 11.8. The molecule has 3 aromatic rings. The number of halogens is 3. The normalized spacial score (nSPS) is 18.1. The first-order chi connectivity index (χ1) is 19.1. The average molecular weight is 637 g/mol. The Bertz CT molecular complexity index is 1530. The van der Waals surface area contributed by atoms with E-state index in [-0.39, 0.29) is 60.3 Å². The highest BCUT2D eigenvalue weighted by Crippen LogP contribution is 2.38. The lowest BCUT2D eigenvalue weighted by Crippen LogP contribution is -2.40. The molecule has 2 heterocycles. The molecule has 1 atom stereocenters. The topological polar surface area (TPSA) is 88.2 Å². The van der Waals surface area contributed by atoms with E-state index in [2.05, 4.69) is 21.2 Å². The van der Waals surface area contributed by atoms with Crippen molar-refractivity contribution < 1.29 is 31.5 Å². The van der Waals surface area contributed by atoms with Crippen molar-refractivity contribution >= 4 is 37.7 Å². The molecule has 2 aliphatic heterocycles. The zero-order valence-corrected chi connectivity index (χ0v) is 24.1. The van der Waals surface area contributed by atoms with Gasteiger partial charge in [-0.05, 0) is 67.8 Å². The highest BCUT2D eigenvalue weighted by molar-refractivity contribution is 9.10. The fraction of sp³-hybridized carbons (Fsp3) is 0.321. The number of likely N-dealkylation sites (tertiary alicyclic amines) is 1. The van der Waals surface area contributed by atoms with Gasteiger partial charge in [0.05, 0.1) is 29.8 Å². The summed E-state index contributed by atoms with van der Waals surface area (Å²) in [6.45, 7) is 2.82. The summed E-state index contributed by atoms with van der Waals surface area (Å²) in [5.74, 6) is -0.736. The first-order valence-electron chi connectivity index (χ1n) is 12.8. The van der Waals surface area contributed by atoms with Crippen LogP contribution in [0.25, 0.3) is 0 Å². The predicted molar refractivity (Wildman–Crippen MR) is 149 cm³/mol. The summed E-state index contributed by atoms with van der Waals surface area (Å²) in [6, 6.07) is 12.4. The van der Waals surface area contributed by atoms with Crippen molar-refractivity contribution in [2.45, 2.75) is 30.7 Å². The first-order valence-corrected chi connectivity index (χ1v) is 15.1. The van der Waals surface area contributed by atoms with Gasteiger partial charge in [-0.2, -0.15) is 4.31 Å². The van der Waals surface area contributed by atoms with Crippen LogP contribution in [0.3, 0.4) is 0 Å². The molecule has 0 radical (unpaired) electrons. The second-order valence-electron chi connectivity index (χ2n) is 9.61. The van der Waals surface area contributed by atoms with Gasteiger partial charge in [0.25, 0.3) is 0 Å². The number of sulfonamides is 1. The molecule has 0 saturated carbocycles. The Labute approximate surface area is 240 Å². The second-order valence-corrected chi connectivity index (χ2v) is 12.5. The predicted octanol–water partition coefficient (Wildman–Crippen LogP) is 6.22. The molecule has 0 aromatic heterocycles. The van der Waals surface area contributed by atoms with Gasteiger partial charge in [0.1, 0.15) is 17.4 Å². The molecular formula is C28H28BrF2N3O5S. The minimum absolute atomic E-state index is 0.0277. The van der Waals surface area contributed by atoms with Crippen molar-refractivity contribution in [3.8, 4) is 11.5 Å². The number of carbonyl (C=O) groups excluding carboxylic acids is 1. The van der Waals surface area contributed by atoms with Crippen molar-refractivity contribution in [3.05, 3.63) is 81.8 Å². The van der Waals surface area contributed by atoms with E-state index in [1.807, 2.05) is 6.07 Å². The fourth-order valence-corrected chi connectivity index (χ4v) is 6.74. The van der Waals surface area contributed by atoms with Crippen LogP contribution >= 0.6 is 15.9 Å². The molecule has 1 unspecified atom stereocenters. The van der Waals surface area contributed by atoms with E-state index in [0.29, 0.717) is 18.6 Å². The highest BCUT2D eigenvalue weighted by Gasteiger charge is 2.35. The number of hydrogen-bond acceptors (Lipinski definition) is 5. The molecule has 12 heteroatoms. The number of anilines is 1. The average Bonchev–Trinajstić information content (AvgIpc) is 3.42. The Morgan fingerprint density at radius 3 is 2.60 bits per heavy atom. The molecule has 2 amide bonds. The summed E-state index contributed by atoms with van der Waals surface area (Å²) in [6.07, 6.45) is 0.940. The number of nitrogens with zero attached hydrogens (tertiary/aromatic N) is 2. The Morgan fingerprint density at radius 1 is 1.07 bits per heavy atom. The molecule has 2 fully saturated rings. The molecule has 212 valence electrons. The van der Waals surface area contributed by atoms with E-state index < -0.39 is 33.7 Å². The number of hydrogen-bond donors (Lipinski definition) is 1. The Hall–Kier alpha value is -3.06. The van der Waals surface area contributed by atoms with E-state index in [9.17, 15) is 22.0 Å². The number of carbonyl (C=O) groups is 1. The molecule has 3 aromatic carbocycles. The van der Waals surface area contributed by atoms with Crippen molar-refractivity contribution in [2.75, 3.05) is 38.2 Å². The maximum Gasteiger partial charge on any atom is 0.322 e. The van der Waals surface area contributed by atoms with Crippen molar-refractivity contribution in [1.82, 2.24) is 9.21 Å². The number of benzene rings is 3. The zero-order valence-electron chi connectivity index (χ0n) is 21.7. The molecule has 0 bridgehead atoms. The van der Waals surface area contributed by atoms with E-state index in [1.165, 1.54) is 39.5 Å². The van der Waals surface area contributed by atoms with Gasteiger partial charge in [-0.1, -0.05) is 28.1 Å². The Morgan fingerprint density at radius 2 is 1.85 bits per heavy atom. The lowest BCUT2D eigenvalue weighted by molar-refractivity contribution is 0.0730. The molecular weight excluding hydrogens is 608 g/mol. The Balaban J connectivity index is 1.49. The minimum atomic E-state index is -3.88. The zero-order chi connectivity index (χ0) is 28.4. The van der Waals surface area contributed by atoms with Gasteiger partial charge in [-0.15, -0.1) is 0 Å². The third-order valence-corrected chi connectivity index (χ3v) is 9.38. The van der Waals surface area contributed by atoms with Crippen molar-refractivity contribution in [2.24, 2.45) is 0 Å². The molecule has 40 heavy (non-hydrogen) atoms. The largest absolute Gasteiger partial charge is 0.455 e. The van der Waals surface area contributed by atoms with E-state index in [0.717, 1.165) is 4.47 Å². The number of nitrogens with one attached hydrogen (secondary N) is 1. The quantitative estimate of drug-likeness (QED) is 0.348. The lowest BCUT2D eigenvalue weighted by Gasteiger charge is -2.28. The third kappa shape index (κ3) is 5.85. The van der Waals surface area contributed by atoms with Crippen LogP contribution < -0.4 is 10.1 Å². The molecule has 0 spiro atoms.